The van der Waals surface area contributed by atoms with Crippen molar-refractivity contribution < 1.29 is 5.11 Å². The maximum atomic E-state index is 8.64. The van der Waals surface area contributed by atoms with Gasteiger partial charge in [-0.15, -0.1) is 0 Å². The van der Waals surface area contributed by atoms with Crippen molar-refractivity contribution in [3.63, 3.8) is 0 Å². The van der Waals surface area contributed by atoms with Crippen molar-refractivity contribution in [3.8, 4) is 0 Å². The molecule has 0 aromatic rings. The van der Waals surface area contributed by atoms with Crippen molar-refractivity contribution in [2.45, 2.75) is 65.7 Å². The molecule has 0 fully saturated rings. The zero-order chi connectivity index (χ0) is 10.8. The molecule has 0 rings (SSSR count). The summed E-state index contributed by atoms with van der Waals surface area (Å²) in [6, 6.07) is 0. The average molecular weight is 200 g/mol. The van der Waals surface area contributed by atoms with Crippen LogP contribution in [0.2, 0.25) is 0 Å². The first-order chi connectivity index (χ1) is 6.70. The molecule has 0 aliphatic rings. The molecule has 0 aliphatic heterocycles. The Bertz CT molecular complexity index is 112. The molecule has 1 nitrogen and oxygen atoms in total. The Morgan fingerprint density at radius 2 is 1.50 bits per heavy atom. The maximum Gasteiger partial charge on any atom is 0.0431 e. The number of hydrogen-bond acceptors (Lipinski definition) is 1. The molecule has 0 radical (unpaired) electrons. The molecule has 1 heteroatoms. The second-order valence-corrected chi connectivity index (χ2v) is 4.77. The van der Waals surface area contributed by atoms with Crippen LogP contribution in [0.5, 0.6) is 0 Å². The molecule has 0 saturated heterocycles. The third kappa shape index (κ3) is 8.55. The molecule has 86 valence electrons. The van der Waals surface area contributed by atoms with E-state index in [1.54, 1.807) is 0 Å². The number of aliphatic hydroxyl groups excluding tert-OH is 1. The number of hydrogen-bond donors (Lipinski definition) is 1. The zero-order valence-corrected chi connectivity index (χ0v) is 10.3. The number of aliphatic hydroxyl groups is 1. The number of unbranched alkanes of at least 4 members (excludes halogenated alkanes) is 2. The Balaban J connectivity index is 3.23. The van der Waals surface area contributed by atoms with Gasteiger partial charge < -0.3 is 5.11 Å². The molecular formula is C13H28O. The topological polar surface area (TPSA) is 20.2 Å². The van der Waals surface area contributed by atoms with E-state index in [0.717, 1.165) is 18.3 Å². The summed E-state index contributed by atoms with van der Waals surface area (Å²) in [6.07, 6.45) is 8.91. The highest BCUT2D eigenvalue weighted by Gasteiger charge is 2.04. The SMILES string of the molecule is CCC(C)CCC(C)CCCCCO. The minimum atomic E-state index is 0.362. The lowest BCUT2D eigenvalue weighted by Gasteiger charge is -2.13. The normalized spacial score (nSPS) is 15.4. The summed E-state index contributed by atoms with van der Waals surface area (Å²) >= 11 is 0. The predicted molar refractivity (Wildman–Crippen MR) is 63.4 cm³/mol. The highest BCUT2D eigenvalue weighted by molar-refractivity contribution is 4.57. The summed E-state index contributed by atoms with van der Waals surface area (Å²) in [5.74, 6) is 1.78. The molecule has 2 atom stereocenters. The van der Waals surface area contributed by atoms with Gasteiger partial charge in [-0.2, -0.15) is 0 Å². The summed E-state index contributed by atoms with van der Waals surface area (Å²) in [5.41, 5.74) is 0. The van der Waals surface area contributed by atoms with Gasteiger partial charge in [0.2, 0.25) is 0 Å². The van der Waals surface area contributed by atoms with Crippen LogP contribution in [0.1, 0.15) is 65.7 Å². The van der Waals surface area contributed by atoms with Crippen molar-refractivity contribution in [2.75, 3.05) is 6.61 Å². The molecule has 2 unspecified atom stereocenters. The third-order valence-corrected chi connectivity index (χ3v) is 3.20. The first-order valence-electron chi connectivity index (χ1n) is 6.31. The van der Waals surface area contributed by atoms with Crippen molar-refractivity contribution in [2.24, 2.45) is 11.8 Å². The van der Waals surface area contributed by atoms with Crippen molar-refractivity contribution in [1.82, 2.24) is 0 Å². The lowest BCUT2D eigenvalue weighted by molar-refractivity contribution is 0.280. The van der Waals surface area contributed by atoms with Crippen LogP contribution in [0.15, 0.2) is 0 Å². The van der Waals surface area contributed by atoms with E-state index in [1.165, 1.54) is 38.5 Å². The Hall–Kier alpha value is -0.0400. The van der Waals surface area contributed by atoms with Gasteiger partial charge in [0.25, 0.3) is 0 Å². The van der Waals surface area contributed by atoms with Gasteiger partial charge in [-0.1, -0.05) is 59.3 Å². The Kier molecular flexibility index (Phi) is 9.49. The van der Waals surface area contributed by atoms with Gasteiger partial charge >= 0.3 is 0 Å². The van der Waals surface area contributed by atoms with Gasteiger partial charge in [-0.25, -0.2) is 0 Å². The summed E-state index contributed by atoms with van der Waals surface area (Å²) < 4.78 is 0. The molecule has 0 bridgehead atoms. The van der Waals surface area contributed by atoms with Gasteiger partial charge in [0, 0.05) is 6.61 Å². The molecule has 0 aromatic heterocycles. The van der Waals surface area contributed by atoms with Crippen molar-refractivity contribution >= 4 is 0 Å². The fraction of sp³-hybridized carbons (Fsp3) is 1.00. The zero-order valence-electron chi connectivity index (χ0n) is 10.3. The summed E-state index contributed by atoms with van der Waals surface area (Å²) in [4.78, 5) is 0. The summed E-state index contributed by atoms with van der Waals surface area (Å²) in [6.45, 7) is 7.34. The van der Waals surface area contributed by atoms with Gasteiger partial charge in [0.1, 0.15) is 0 Å². The second-order valence-electron chi connectivity index (χ2n) is 4.77. The van der Waals surface area contributed by atoms with Gasteiger partial charge in [-0.3, -0.25) is 0 Å². The third-order valence-electron chi connectivity index (χ3n) is 3.20. The smallest absolute Gasteiger partial charge is 0.0431 e. The molecule has 0 saturated carbocycles. The van der Waals surface area contributed by atoms with E-state index in [2.05, 4.69) is 20.8 Å². The first kappa shape index (κ1) is 14.0. The Morgan fingerprint density at radius 3 is 2.07 bits per heavy atom. The van der Waals surface area contributed by atoms with E-state index >= 15 is 0 Å². The lowest BCUT2D eigenvalue weighted by Crippen LogP contribution is -2.00. The molecule has 0 heterocycles. The van der Waals surface area contributed by atoms with Crippen LogP contribution in [0.3, 0.4) is 0 Å². The van der Waals surface area contributed by atoms with E-state index in [9.17, 15) is 0 Å². The van der Waals surface area contributed by atoms with Crippen LogP contribution >= 0.6 is 0 Å². The van der Waals surface area contributed by atoms with E-state index in [4.69, 9.17) is 5.11 Å². The molecular weight excluding hydrogens is 172 g/mol. The summed E-state index contributed by atoms with van der Waals surface area (Å²) in [7, 11) is 0. The number of rotatable bonds is 9. The monoisotopic (exact) mass is 200 g/mol. The highest BCUT2D eigenvalue weighted by Crippen LogP contribution is 2.19. The maximum absolute atomic E-state index is 8.64. The van der Waals surface area contributed by atoms with Crippen LogP contribution in [-0.2, 0) is 0 Å². The van der Waals surface area contributed by atoms with Crippen LogP contribution < -0.4 is 0 Å². The van der Waals surface area contributed by atoms with Crippen LogP contribution in [0.4, 0.5) is 0 Å². The molecule has 0 aromatic carbocycles. The fourth-order valence-corrected chi connectivity index (χ4v) is 1.70. The van der Waals surface area contributed by atoms with Crippen molar-refractivity contribution in [3.05, 3.63) is 0 Å². The Labute approximate surface area is 89.9 Å². The van der Waals surface area contributed by atoms with E-state index in [0.29, 0.717) is 6.61 Å². The molecule has 0 spiro atoms. The fourth-order valence-electron chi connectivity index (χ4n) is 1.70. The first-order valence-corrected chi connectivity index (χ1v) is 6.31. The van der Waals surface area contributed by atoms with Gasteiger partial charge in [0.15, 0.2) is 0 Å². The predicted octanol–water partition coefficient (Wildman–Crippen LogP) is 4.00. The highest BCUT2D eigenvalue weighted by atomic mass is 16.2. The standard InChI is InChI=1S/C13H28O/c1-4-12(2)9-10-13(3)8-6-5-7-11-14/h12-14H,4-11H2,1-3H3. The summed E-state index contributed by atoms with van der Waals surface area (Å²) in [5, 5.41) is 8.64. The van der Waals surface area contributed by atoms with Crippen molar-refractivity contribution in [1.29, 1.82) is 0 Å². The van der Waals surface area contributed by atoms with E-state index < -0.39 is 0 Å². The molecule has 0 aliphatic carbocycles. The van der Waals surface area contributed by atoms with Crippen LogP contribution in [0.25, 0.3) is 0 Å². The van der Waals surface area contributed by atoms with Crippen LogP contribution in [-0.4, -0.2) is 11.7 Å². The average Bonchev–Trinajstić information content (AvgIpc) is 2.21. The largest absolute Gasteiger partial charge is 0.396 e. The second kappa shape index (κ2) is 9.51. The minimum Gasteiger partial charge on any atom is -0.396 e. The molecule has 14 heavy (non-hydrogen) atoms. The lowest BCUT2D eigenvalue weighted by atomic mass is 9.93. The molecule has 1 N–H and O–H groups in total. The van der Waals surface area contributed by atoms with Crippen LogP contribution in [0, 0.1) is 11.8 Å². The van der Waals surface area contributed by atoms with Gasteiger partial charge in [-0.05, 0) is 18.3 Å². The Morgan fingerprint density at radius 1 is 0.857 bits per heavy atom. The minimum absolute atomic E-state index is 0.362. The van der Waals surface area contributed by atoms with E-state index in [1.807, 2.05) is 0 Å². The molecule has 0 amide bonds. The quantitative estimate of drug-likeness (QED) is 0.558. The van der Waals surface area contributed by atoms with Gasteiger partial charge in [0.05, 0.1) is 0 Å². The van der Waals surface area contributed by atoms with E-state index in [-0.39, 0.29) is 0 Å².